The van der Waals surface area contributed by atoms with Crippen molar-refractivity contribution in [3.8, 4) is 5.75 Å². The predicted molar refractivity (Wildman–Crippen MR) is 119 cm³/mol. The first kappa shape index (κ1) is 22.4. The molecule has 2 heterocycles. The number of likely N-dealkylation sites (tertiary alicyclic amines) is 1. The van der Waals surface area contributed by atoms with Crippen LogP contribution in [0, 0.1) is 5.82 Å². The molecule has 0 bridgehead atoms. The average molecular weight is 513 g/mol. The number of β-amino-alcohol motifs (C(OH)–C–C–N with tert-alkyl or cyclic N) is 1. The summed E-state index contributed by atoms with van der Waals surface area (Å²) in [5.41, 5.74) is -0.172. The fourth-order valence-electron chi connectivity index (χ4n) is 4.40. The van der Waals surface area contributed by atoms with Gasteiger partial charge in [-0.3, -0.25) is 4.90 Å². The van der Waals surface area contributed by atoms with E-state index in [-0.39, 0.29) is 11.6 Å². The Labute approximate surface area is 194 Å². The third kappa shape index (κ3) is 4.03. The summed E-state index contributed by atoms with van der Waals surface area (Å²) in [6.45, 7) is 5.51. The summed E-state index contributed by atoms with van der Waals surface area (Å²) in [6.07, 6.45) is -0.596. The molecule has 0 spiro atoms. The zero-order valence-electron chi connectivity index (χ0n) is 17.5. The van der Waals surface area contributed by atoms with Crippen molar-refractivity contribution in [1.82, 2.24) is 4.90 Å². The Kier molecular flexibility index (Phi) is 5.73. The molecule has 2 unspecified atom stereocenters. The van der Waals surface area contributed by atoms with Gasteiger partial charge < -0.3 is 14.6 Å². The monoisotopic (exact) mass is 511 g/mol. The lowest BCUT2D eigenvalue weighted by Crippen LogP contribution is -2.53. The smallest absolute Gasteiger partial charge is 0.410 e. The van der Waals surface area contributed by atoms with Crippen molar-refractivity contribution < 1.29 is 23.8 Å². The molecule has 1 N–H and O–H groups in total. The van der Waals surface area contributed by atoms with Gasteiger partial charge in [-0.05, 0) is 48.7 Å². The van der Waals surface area contributed by atoms with E-state index in [1.807, 2.05) is 30.3 Å². The Morgan fingerprint density at radius 1 is 1.35 bits per heavy atom. The van der Waals surface area contributed by atoms with E-state index in [1.165, 1.54) is 11.0 Å². The van der Waals surface area contributed by atoms with Gasteiger partial charge in [0.15, 0.2) is 5.60 Å². The minimum Gasteiger partial charge on any atom is -0.480 e. The summed E-state index contributed by atoms with van der Waals surface area (Å²) in [7, 11) is 0. The fourth-order valence-corrected chi connectivity index (χ4v) is 5.09. The van der Waals surface area contributed by atoms with Crippen molar-refractivity contribution in [1.29, 1.82) is 0 Å². The number of carbonyl (C=O) groups excluding carboxylic acids is 1. The maximum absolute atomic E-state index is 14.4. The number of benzene rings is 2. The summed E-state index contributed by atoms with van der Waals surface area (Å²) in [5, 5.41) is 10.5. The van der Waals surface area contributed by atoms with Crippen molar-refractivity contribution in [2.45, 2.75) is 57.0 Å². The molecule has 2 aromatic carbocycles. The molecule has 1 amide bonds. The third-order valence-electron chi connectivity index (χ3n) is 5.66. The van der Waals surface area contributed by atoms with Crippen LogP contribution in [-0.4, -0.2) is 40.4 Å². The summed E-state index contributed by atoms with van der Waals surface area (Å²) in [5.74, 6) is -0.227. The Balaban J connectivity index is 1.82. The van der Waals surface area contributed by atoms with Gasteiger partial charge in [-0.2, -0.15) is 0 Å². The van der Waals surface area contributed by atoms with E-state index >= 15 is 0 Å². The SMILES string of the molecule is CC(C)(C)OC(=O)N1CC(O)CC1[C@@]1(c2ccccc2)Cc2c(cc(F)c(Cl)c2Br)O1. The van der Waals surface area contributed by atoms with E-state index in [4.69, 9.17) is 21.1 Å². The number of hydrogen-bond donors (Lipinski definition) is 1. The molecule has 0 radical (unpaired) electrons. The fraction of sp³-hybridized carbons (Fsp3) is 0.435. The maximum atomic E-state index is 14.4. The predicted octanol–water partition coefficient (Wildman–Crippen LogP) is 5.44. The highest BCUT2D eigenvalue weighted by Gasteiger charge is 2.55. The third-order valence-corrected chi connectivity index (χ3v) is 7.13. The first-order valence-electron chi connectivity index (χ1n) is 10.1. The molecule has 2 aliphatic rings. The van der Waals surface area contributed by atoms with Crippen LogP contribution in [0.3, 0.4) is 0 Å². The van der Waals surface area contributed by atoms with Crippen LogP contribution in [-0.2, 0) is 16.8 Å². The number of carbonyl (C=O) groups is 1. The summed E-state index contributed by atoms with van der Waals surface area (Å²) in [6, 6.07) is 10.2. The lowest BCUT2D eigenvalue weighted by Gasteiger charge is -2.40. The van der Waals surface area contributed by atoms with Gasteiger partial charge in [-0.1, -0.05) is 41.9 Å². The molecule has 5 nitrogen and oxygen atoms in total. The first-order chi connectivity index (χ1) is 14.5. The number of rotatable bonds is 2. The lowest BCUT2D eigenvalue weighted by atomic mass is 9.81. The van der Waals surface area contributed by atoms with Crippen LogP contribution in [0.4, 0.5) is 9.18 Å². The summed E-state index contributed by atoms with van der Waals surface area (Å²) >= 11 is 9.54. The number of hydrogen-bond acceptors (Lipinski definition) is 4. The van der Waals surface area contributed by atoms with Crippen molar-refractivity contribution in [3.63, 3.8) is 0 Å². The van der Waals surface area contributed by atoms with Gasteiger partial charge in [0.05, 0.1) is 23.7 Å². The summed E-state index contributed by atoms with van der Waals surface area (Å²) in [4.78, 5) is 14.6. The molecule has 1 fully saturated rings. The maximum Gasteiger partial charge on any atom is 0.410 e. The quantitative estimate of drug-likeness (QED) is 0.544. The van der Waals surface area contributed by atoms with Crippen LogP contribution < -0.4 is 4.74 Å². The number of fused-ring (bicyclic) bond motifs is 1. The van der Waals surface area contributed by atoms with Gasteiger partial charge in [0, 0.05) is 22.5 Å². The number of ether oxygens (including phenoxy) is 2. The van der Waals surface area contributed by atoms with Crippen LogP contribution >= 0.6 is 27.5 Å². The minimum atomic E-state index is -1.03. The zero-order chi connectivity index (χ0) is 22.6. The molecular weight excluding hydrogens is 489 g/mol. The standard InChI is InChI=1S/C23H24BrClFNO4/c1-22(2,3)31-21(29)27-12-14(28)9-18(27)23(13-7-5-4-6-8-13)11-15-17(30-23)10-16(26)20(25)19(15)24/h4-8,10,14,18,28H,9,11-12H2,1-3H3/t14?,18?,23-/m0/s1. The van der Waals surface area contributed by atoms with Gasteiger partial charge in [0.25, 0.3) is 0 Å². The van der Waals surface area contributed by atoms with Gasteiger partial charge in [0.2, 0.25) is 0 Å². The molecule has 0 saturated carbocycles. The Morgan fingerprint density at radius 2 is 2.03 bits per heavy atom. The molecule has 4 rings (SSSR count). The Morgan fingerprint density at radius 3 is 2.68 bits per heavy atom. The zero-order valence-corrected chi connectivity index (χ0v) is 19.8. The lowest BCUT2D eigenvalue weighted by molar-refractivity contribution is -0.0216. The highest BCUT2D eigenvalue weighted by molar-refractivity contribution is 9.10. The normalized spacial score (nSPS) is 25.3. The van der Waals surface area contributed by atoms with Crippen molar-refractivity contribution in [2.24, 2.45) is 0 Å². The van der Waals surface area contributed by atoms with Crippen LogP contribution in [0.5, 0.6) is 5.75 Å². The number of halogens is 3. The number of aliphatic hydroxyl groups is 1. The van der Waals surface area contributed by atoms with Gasteiger partial charge in [0.1, 0.15) is 17.2 Å². The van der Waals surface area contributed by atoms with Gasteiger partial charge >= 0.3 is 6.09 Å². The van der Waals surface area contributed by atoms with Crippen LogP contribution in [0.25, 0.3) is 0 Å². The number of aliphatic hydroxyl groups excluding tert-OH is 1. The van der Waals surface area contributed by atoms with E-state index in [0.29, 0.717) is 23.1 Å². The van der Waals surface area contributed by atoms with Crippen molar-refractivity contribution in [3.05, 3.63) is 62.8 Å². The molecule has 31 heavy (non-hydrogen) atoms. The van der Waals surface area contributed by atoms with E-state index in [0.717, 1.165) is 11.1 Å². The molecule has 2 aromatic rings. The van der Waals surface area contributed by atoms with Crippen LogP contribution in [0.15, 0.2) is 40.9 Å². The van der Waals surface area contributed by atoms with E-state index in [1.54, 1.807) is 20.8 Å². The number of nitrogens with zero attached hydrogens (tertiary/aromatic N) is 1. The first-order valence-corrected chi connectivity index (χ1v) is 11.3. The largest absolute Gasteiger partial charge is 0.480 e. The van der Waals surface area contributed by atoms with Crippen LogP contribution in [0.1, 0.15) is 38.3 Å². The summed E-state index contributed by atoms with van der Waals surface area (Å²) < 4.78 is 26.8. The molecule has 3 atom stereocenters. The van der Waals surface area contributed by atoms with Crippen molar-refractivity contribution in [2.75, 3.05) is 6.54 Å². The molecule has 1 saturated heterocycles. The molecule has 2 aliphatic heterocycles. The molecule has 166 valence electrons. The second-order valence-corrected chi connectivity index (χ2v) is 10.2. The molecule has 0 aliphatic carbocycles. The highest BCUT2D eigenvalue weighted by Crippen LogP contribution is 2.51. The Hall–Kier alpha value is -1.83. The van der Waals surface area contributed by atoms with Gasteiger partial charge in [-0.25, -0.2) is 9.18 Å². The average Bonchev–Trinajstić information content (AvgIpc) is 3.28. The number of amides is 1. The molecular formula is C23H24BrClFNO4. The van der Waals surface area contributed by atoms with Crippen molar-refractivity contribution >= 4 is 33.6 Å². The van der Waals surface area contributed by atoms with E-state index in [2.05, 4.69) is 15.9 Å². The van der Waals surface area contributed by atoms with Gasteiger partial charge in [-0.15, -0.1) is 0 Å². The van der Waals surface area contributed by atoms with E-state index < -0.39 is 35.3 Å². The second-order valence-electron chi connectivity index (χ2n) is 9.04. The molecule has 0 aromatic heterocycles. The highest BCUT2D eigenvalue weighted by atomic mass is 79.9. The Bertz CT molecular complexity index is 1010. The molecule has 8 heteroatoms. The topological polar surface area (TPSA) is 59.0 Å². The van der Waals surface area contributed by atoms with Crippen LogP contribution in [0.2, 0.25) is 5.02 Å². The van der Waals surface area contributed by atoms with E-state index in [9.17, 15) is 14.3 Å². The minimum absolute atomic E-state index is 0.0123. The second kappa shape index (κ2) is 7.94.